The molecule has 1 amide bonds. The molecule has 4 rings (SSSR count). The van der Waals surface area contributed by atoms with Crippen molar-refractivity contribution in [2.75, 3.05) is 0 Å². The highest BCUT2D eigenvalue weighted by Gasteiger charge is 2.18. The zero-order valence-electron chi connectivity index (χ0n) is 18.0. The topological polar surface area (TPSA) is 77.1 Å². The Balaban J connectivity index is 1.59. The quantitative estimate of drug-likeness (QED) is 0.418. The summed E-state index contributed by atoms with van der Waals surface area (Å²) in [6, 6.07) is 5.59. The van der Waals surface area contributed by atoms with Gasteiger partial charge < -0.3 is 5.32 Å². The summed E-state index contributed by atoms with van der Waals surface area (Å²) in [6.45, 7) is 12.2. The minimum atomic E-state index is -0.635. The Kier molecular flexibility index (Phi) is 5.98. The van der Waals surface area contributed by atoms with Crippen LogP contribution in [0.2, 0.25) is 0 Å². The third-order valence-corrected chi connectivity index (χ3v) is 6.09. The first-order chi connectivity index (χ1) is 15.8. The largest absolute Gasteiger partial charge is 0.346 e. The molecule has 0 aliphatic carbocycles. The summed E-state index contributed by atoms with van der Waals surface area (Å²) in [5.74, 6) is -1.53. The van der Waals surface area contributed by atoms with Crippen molar-refractivity contribution in [1.82, 2.24) is 25.1 Å². The van der Waals surface area contributed by atoms with Crippen molar-refractivity contribution in [3.8, 4) is 16.8 Å². The number of aromatic nitrogens is 4. The molecule has 0 aliphatic heterocycles. The molecule has 0 saturated carbocycles. The van der Waals surface area contributed by atoms with Crippen LogP contribution in [-0.2, 0) is 6.54 Å². The Morgan fingerprint density at radius 2 is 1.94 bits per heavy atom. The summed E-state index contributed by atoms with van der Waals surface area (Å²) in [5.41, 5.74) is 5.16. The van der Waals surface area contributed by atoms with Crippen molar-refractivity contribution in [3.05, 3.63) is 86.7 Å². The van der Waals surface area contributed by atoms with E-state index in [9.17, 15) is 13.6 Å². The fraction of sp³-hybridized carbons (Fsp3) is 0.174. The highest BCUT2D eigenvalue weighted by molar-refractivity contribution is 7.11. The lowest BCUT2D eigenvalue weighted by Gasteiger charge is -2.09. The van der Waals surface area contributed by atoms with E-state index in [4.69, 9.17) is 6.57 Å². The maximum atomic E-state index is 14.8. The first-order valence-electron chi connectivity index (χ1n) is 9.86. The van der Waals surface area contributed by atoms with Crippen LogP contribution in [0.25, 0.3) is 21.7 Å². The van der Waals surface area contributed by atoms with Crippen LogP contribution in [0.5, 0.6) is 0 Å². The third kappa shape index (κ3) is 4.23. The molecule has 0 bridgehead atoms. The number of benzene rings is 1. The van der Waals surface area contributed by atoms with E-state index in [1.165, 1.54) is 35.7 Å². The molecule has 0 radical (unpaired) electrons. The third-order valence-electron chi connectivity index (χ3n) is 5.16. The Hall–Kier alpha value is -3.97. The number of nitrogens with zero attached hydrogens (tertiary/aromatic N) is 5. The SMILES string of the molecule is [C-]#[N+]c1ccc(-n2nc(C)c(-c3cnc(CNC(=O)c4scnc4C)c(F)c3)c2C)cc1F. The lowest BCUT2D eigenvalue weighted by atomic mass is 10.1. The second-order valence-electron chi connectivity index (χ2n) is 7.31. The van der Waals surface area contributed by atoms with Crippen LogP contribution < -0.4 is 5.32 Å². The summed E-state index contributed by atoms with van der Waals surface area (Å²) in [7, 11) is 0. The average Bonchev–Trinajstić information content (AvgIpc) is 3.35. The first-order valence-corrected chi connectivity index (χ1v) is 10.7. The highest BCUT2D eigenvalue weighted by atomic mass is 32.1. The smallest absolute Gasteiger partial charge is 0.263 e. The van der Waals surface area contributed by atoms with Crippen molar-refractivity contribution < 1.29 is 13.6 Å². The number of amides is 1. The van der Waals surface area contributed by atoms with Crippen molar-refractivity contribution >= 4 is 22.9 Å². The van der Waals surface area contributed by atoms with Gasteiger partial charge in [0.1, 0.15) is 16.5 Å². The monoisotopic (exact) mass is 464 g/mol. The van der Waals surface area contributed by atoms with Gasteiger partial charge in [0.2, 0.25) is 5.69 Å². The van der Waals surface area contributed by atoms with E-state index in [0.29, 0.717) is 38.8 Å². The van der Waals surface area contributed by atoms with Crippen LogP contribution in [0.3, 0.4) is 0 Å². The standard InChI is InChI=1S/C23H18F2N6OS/c1-12-21(14(3)31(30-12)16-5-6-19(26-4)18(25)8-16)15-7-17(24)20(27-9-15)10-28-23(32)22-13(2)29-11-33-22/h5-9,11H,10H2,1-3H3,(H,28,32). The molecule has 0 aliphatic rings. The molecule has 0 unspecified atom stereocenters. The maximum absolute atomic E-state index is 14.8. The molecule has 3 heterocycles. The van der Waals surface area contributed by atoms with Crippen molar-refractivity contribution in [2.45, 2.75) is 27.3 Å². The van der Waals surface area contributed by atoms with E-state index in [2.05, 4.69) is 25.2 Å². The molecule has 1 aromatic carbocycles. The van der Waals surface area contributed by atoms with Gasteiger partial charge >= 0.3 is 0 Å². The molecule has 10 heteroatoms. The minimum Gasteiger partial charge on any atom is -0.346 e. The Labute approximate surface area is 192 Å². The van der Waals surface area contributed by atoms with Crippen LogP contribution in [0.1, 0.15) is 32.4 Å². The number of nitrogens with one attached hydrogen (secondary N) is 1. The number of thiazole rings is 1. The van der Waals surface area contributed by atoms with Gasteiger partial charge in [0, 0.05) is 23.0 Å². The predicted molar refractivity (Wildman–Crippen MR) is 120 cm³/mol. The van der Waals surface area contributed by atoms with E-state index < -0.39 is 11.6 Å². The summed E-state index contributed by atoms with van der Waals surface area (Å²) in [5, 5.41) is 7.12. The number of carbonyl (C=O) groups excluding carboxylic acids is 1. The number of pyridine rings is 1. The van der Waals surface area contributed by atoms with Gasteiger partial charge in [-0.2, -0.15) is 5.10 Å². The van der Waals surface area contributed by atoms with Crippen molar-refractivity contribution in [3.63, 3.8) is 0 Å². The van der Waals surface area contributed by atoms with E-state index in [-0.39, 0.29) is 23.8 Å². The van der Waals surface area contributed by atoms with Gasteiger partial charge in [0.15, 0.2) is 0 Å². The van der Waals surface area contributed by atoms with Gasteiger partial charge in [0.05, 0.1) is 41.4 Å². The molecule has 3 aromatic heterocycles. The van der Waals surface area contributed by atoms with Gasteiger partial charge in [-0.1, -0.05) is 6.07 Å². The van der Waals surface area contributed by atoms with Crippen molar-refractivity contribution in [2.24, 2.45) is 0 Å². The van der Waals surface area contributed by atoms with Crippen molar-refractivity contribution in [1.29, 1.82) is 0 Å². The molecule has 33 heavy (non-hydrogen) atoms. The van der Waals surface area contributed by atoms with E-state index in [1.807, 2.05) is 0 Å². The molecule has 0 atom stereocenters. The second kappa shape index (κ2) is 8.88. The molecule has 1 N–H and O–H groups in total. The van der Waals surface area contributed by atoms with E-state index in [0.717, 1.165) is 0 Å². The number of rotatable bonds is 5. The lowest BCUT2D eigenvalue weighted by Crippen LogP contribution is -2.23. The summed E-state index contributed by atoms with van der Waals surface area (Å²) < 4.78 is 30.4. The van der Waals surface area contributed by atoms with Crippen LogP contribution >= 0.6 is 11.3 Å². The predicted octanol–water partition coefficient (Wildman–Crippen LogP) is 5.08. The molecule has 4 aromatic rings. The van der Waals surface area contributed by atoms with Crippen LogP contribution in [0.4, 0.5) is 14.5 Å². The number of aryl methyl sites for hydroxylation is 2. The minimum absolute atomic E-state index is 0.0633. The van der Waals surface area contributed by atoms with Gasteiger partial charge in [-0.25, -0.2) is 23.3 Å². The Morgan fingerprint density at radius 3 is 2.58 bits per heavy atom. The Morgan fingerprint density at radius 1 is 1.15 bits per heavy atom. The van der Waals surface area contributed by atoms with E-state index in [1.54, 1.807) is 37.0 Å². The number of hydrogen-bond acceptors (Lipinski definition) is 5. The second-order valence-corrected chi connectivity index (χ2v) is 8.16. The van der Waals surface area contributed by atoms with Crippen LogP contribution in [-0.4, -0.2) is 25.7 Å². The van der Waals surface area contributed by atoms with Crippen LogP contribution in [0.15, 0.2) is 36.0 Å². The molecule has 166 valence electrons. The lowest BCUT2D eigenvalue weighted by molar-refractivity contribution is 0.0953. The maximum Gasteiger partial charge on any atom is 0.263 e. The normalized spacial score (nSPS) is 10.8. The fourth-order valence-corrected chi connectivity index (χ4v) is 4.25. The number of halogens is 2. The number of carbonyl (C=O) groups is 1. The average molecular weight is 465 g/mol. The van der Waals surface area contributed by atoms with Crippen LogP contribution in [0, 0.1) is 39.0 Å². The highest BCUT2D eigenvalue weighted by Crippen LogP contribution is 2.30. The summed E-state index contributed by atoms with van der Waals surface area (Å²) in [4.78, 5) is 24.1. The molecule has 0 spiro atoms. The fourth-order valence-electron chi connectivity index (χ4n) is 3.53. The van der Waals surface area contributed by atoms with Gasteiger partial charge in [-0.05, 0) is 39.0 Å². The summed E-state index contributed by atoms with van der Waals surface area (Å²) in [6.07, 6.45) is 1.52. The van der Waals surface area contributed by atoms with Gasteiger partial charge in [-0.3, -0.25) is 9.78 Å². The molecule has 0 saturated heterocycles. The van der Waals surface area contributed by atoms with E-state index >= 15 is 0 Å². The Bertz CT molecular complexity index is 1420. The zero-order valence-corrected chi connectivity index (χ0v) is 18.8. The molecule has 0 fully saturated rings. The summed E-state index contributed by atoms with van der Waals surface area (Å²) >= 11 is 1.22. The van der Waals surface area contributed by atoms with Gasteiger partial charge in [-0.15, -0.1) is 11.3 Å². The molecule has 7 nitrogen and oxygen atoms in total. The molecular formula is C23H18F2N6OS. The number of hydrogen-bond donors (Lipinski definition) is 1. The molecular weight excluding hydrogens is 446 g/mol. The van der Waals surface area contributed by atoms with Gasteiger partial charge in [0.25, 0.3) is 5.91 Å². The first kappa shape index (κ1) is 22.2. The zero-order chi connectivity index (χ0) is 23.7.